The lowest BCUT2D eigenvalue weighted by Gasteiger charge is -2.10. The van der Waals surface area contributed by atoms with Crippen LogP contribution < -0.4 is 0 Å². The first-order chi connectivity index (χ1) is 8.15. The van der Waals surface area contributed by atoms with Crippen molar-refractivity contribution in [3.63, 3.8) is 0 Å². The van der Waals surface area contributed by atoms with E-state index in [0.29, 0.717) is 5.92 Å². The Balaban J connectivity index is 2.00. The van der Waals surface area contributed by atoms with Gasteiger partial charge in [0.05, 0.1) is 6.10 Å². The number of ketones is 1. The Bertz CT molecular complexity index is 464. The largest absolute Gasteiger partial charge is 0.357 e. The Morgan fingerprint density at radius 3 is 2.82 bits per heavy atom. The fourth-order valence-electron chi connectivity index (χ4n) is 3.09. The molecular weight excluding hydrogens is 212 g/mol. The molecule has 0 amide bonds. The molecule has 1 aromatic rings. The van der Waals surface area contributed by atoms with Gasteiger partial charge < -0.3 is 4.74 Å². The highest BCUT2D eigenvalue weighted by Crippen LogP contribution is 2.49. The summed E-state index contributed by atoms with van der Waals surface area (Å²) in [5.41, 5.74) is 1.58. The molecule has 0 radical (unpaired) electrons. The summed E-state index contributed by atoms with van der Waals surface area (Å²) in [5.74, 6) is 0.633. The third-order valence-corrected chi connectivity index (χ3v) is 3.99. The normalized spacial score (nSPS) is 31.5. The van der Waals surface area contributed by atoms with E-state index < -0.39 is 5.60 Å². The number of carbonyl (C=O) groups is 1. The second-order valence-corrected chi connectivity index (χ2v) is 5.51. The number of fused-ring (bicyclic) bond motifs is 1. The van der Waals surface area contributed by atoms with E-state index in [1.54, 1.807) is 0 Å². The maximum absolute atomic E-state index is 12.6. The van der Waals surface area contributed by atoms with Crippen LogP contribution in [0.3, 0.4) is 0 Å². The molecule has 2 heteroatoms. The number of ether oxygens (including phenoxy) is 1. The van der Waals surface area contributed by atoms with E-state index in [0.717, 1.165) is 24.8 Å². The molecule has 2 aliphatic rings. The van der Waals surface area contributed by atoms with Crippen molar-refractivity contribution in [2.75, 3.05) is 0 Å². The van der Waals surface area contributed by atoms with Crippen LogP contribution in [0.15, 0.2) is 24.3 Å². The van der Waals surface area contributed by atoms with Gasteiger partial charge in [-0.3, -0.25) is 4.79 Å². The summed E-state index contributed by atoms with van der Waals surface area (Å²) < 4.78 is 5.81. The molecule has 1 heterocycles. The minimum atomic E-state index is -0.485. The summed E-state index contributed by atoms with van der Waals surface area (Å²) in [6, 6.07) is 7.98. The lowest BCUT2D eigenvalue weighted by molar-refractivity contribution is 0.0867. The van der Waals surface area contributed by atoms with Crippen molar-refractivity contribution >= 4 is 5.78 Å². The molecular formula is C15H18O2. The SMILES string of the molecule is CC(C)[C@@H]1O[C@]12CCCc1ccccc1C2=O. The van der Waals surface area contributed by atoms with Gasteiger partial charge in [-0.2, -0.15) is 0 Å². The van der Waals surface area contributed by atoms with Crippen molar-refractivity contribution in [3.05, 3.63) is 35.4 Å². The Hall–Kier alpha value is -1.15. The molecule has 2 atom stereocenters. The molecule has 1 spiro atoms. The highest BCUT2D eigenvalue weighted by molar-refractivity contribution is 6.06. The summed E-state index contributed by atoms with van der Waals surface area (Å²) in [5, 5.41) is 0. The topological polar surface area (TPSA) is 29.6 Å². The van der Waals surface area contributed by atoms with Gasteiger partial charge in [0.1, 0.15) is 0 Å². The van der Waals surface area contributed by atoms with E-state index in [4.69, 9.17) is 4.74 Å². The predicted octanol–water partition coefficient (Wildman–Crippen LogP) is 3.00. The maximum atomic E-state index is 12.6. The molecule has 1 saturated heterocycles. The summed E-state index contributed by atoms with van der Waals surface area (Å²) >= 11 is 0. The molecule has 0 unspecified atom stereocenters. The van der Waals surface area contributed by atoms with Crippen LogP contribution in [0.5, 0.6) is 0 Å². The van der Waals surface area contributed by atoms with Gasteiger partial charge in [-0.1, -0.05) is 38.1 Å². The molecule has 0 saturated carbocycles. The van der Waals surface area contributed by atoms with Crippen molar-refractivity contribution in [2.45, 2.75) is 44.8 Å². The van der Waals surface area contributed by atoms with Crippen molar-refractivity contribution in [3.8, 4) is 0 Å². The average molecular weight is 230 g/mol. The molecule has 1 aliphatic carbocycles. The van der Waals surface area contributed by atoms with E-state index in [2.05, 4.69) is 19.9 Å². The maximum Gasteiger partial charge on any atom is 0.197 e. The highest BCUT2D eigenvalue weighted by atomic mass is 16.6. The summed E-state index contributed by atoms with van der Waals surface area (Å²) in [6.45, 7) is 4.26. The van der Waals surface area contributed by atoms with Gasteiger partial charge in [-0.25, -0.2) is 0 Å². The third kappa shape index (κ3) is 1.54. The average Bonchev–Trinajstić information content (AvgIpc) is 3.06. The van der Waals surface area contributed by atoms with Gasteiger partial charge in [0.2, 0.25) is 0 Å². The van der Waals surface area contributed by atoms with Crippen LogP contribution in [0.1, 0.15) is 42.6 Å². The molecule has 1 aliphatic heterocycles. The molecule has 17 heavy (non-hydrogen) atoms. The Morgan fingerprint density at radius 2 is 2.12 bits per heavy atom. The van der Waals surface area contributed by atoms with Crippen molar-refractivity contribution < 1.29 is 9.53 Å². The summed E-state index contributed by atoms with van der Waals surface area (Å²) in [7, 11) is 0. The first-order valence-electron chi connectivity index (χ1n) is 6.46. The number of hydrogen-bond acceptors (Lipinski definition) is 2. The second-order valence-electron chi connectivity index (χ2n) is 5.51. The van der Waals surface area contributed by atoms with E-state index >= 15 is 0 Å². The highest BCUT2D eigenvalue weighted by Gasteiger charge is 2.63. The molecule has 0 bridgehead atoms. The lowest BCUT2D eigenvalue weighted by atomic mass is 9.88. The molecule has 3 rings (SSSR count). The minimum Gasteiger partial charge on any atom is -0.357 e. The second kappa shape index (κ2) is 3.67. The Labute approximate surface area is 102 Å². The molecule has 0 N–H and O–H groups in total. The number of epoxide rings is 1. The van der Waals surface area contributed by atoms with Crippen LogP contribution in [-0.2, 0) is 11.2 Å². The summed E-state index contributed by atoms with van der Waals surface area (Å²) in [4.78, 5) is 12.6. The number of carbonyl (C=O) groups excluding carboxylic acids is 1. The number of hydrogen-bond donors (Lipinski definition) is 0. The zero-order valence-corrected chi connectivity index (χ0v) is 10.4. The van der Waals surface area contributed by atoms with Crippen LogP contribution in [0.2, 0.25) is 0 Å². The molecule has 2 nitrogen and oxygen atoms in total. The van der Waals surface area contributed by atoms with Crippen LogP contribution in [0.25, 0.3) is 0 Å². The van der Waals surface area contributed by atoms with Crippen molar-refractivity contribution in [2.24, 2.45) is 5.92 Å². The first kappa shape index (κ1) is 11.0. The van der Waals surface area contributed by atoms with Crippen molar-refractivity contribution in [1.29, 1.82) is 0 Å². The van der Waals surface area contributed by atoms with Gasteiger partial charge in [-0.15, -0.1) is 0 Å². The van der Waals surface area contributed by atoms with Gasteiger partial charge >= 0.3 is 0 Å². The van der Waals surface area contributed by atoms with E-state index in [9.17, 15) is 4.79 Å². The van der Waals surface area contributed by atoms with Crippen LogP contribution in [0, 0.1) is 5.92 Å². The van der Waals surface area contributed by atoms with Crippen LogP contribution in [-0.4, -0.2) is 17.5 Å². The number of aryl methyl sites for hydroxylation is 1. The molecule has 1 fully saturated rings. The fraction of sp³-hybridized carbons (Fsp3) is 0.533. The monoisotopic (exact) mass is 230 g/mol. The minimum absolute atomic E-state index is 0.126. The summed E-state index contributed by atoms with van der Waals surface area (Å²) in [6.07, 6.45) is 3.05. The Kier molecular flexibility index (Phi) is 2.37. The van der Waals surface area contributed by atoms with E-state index in [1.807, 2.05) is 18.2 Å². The molecule has 1 aromatic carbocycles. The zero-order chi connectivity index (χ0) is 12.0. The van der Waals surface area contributed by atoms with E-state index in [-0.39, 0.29) is 11.9 Å². The lowest BCUT2D eigenvalue weighted by Crippen LogP contribution is -2.28. The number of benzene rings is 1. The molecule has 90 valence electrons. The fourth-order valence-corrected chi connectivity index (χ4v) is 3.09. The molecule has 0 aromatic heterocycles. The van der Waals surface area contributed by atoms with Gasteiger partial charge in [-0.05, 0) is 30.7 Å². The Morgan fingerprint density at radius 1 is 1.35 bits per heavy atom. The third-order valence-electron chi connectivity index (χ3n) is 3.99. The van der Waals surface area contributed by atoms with Crippen LogP contribution in [0.4, 0.5) is 0 Å². The quantitative estimate of drug-likeness (QED) is 0.694. The zero-order valence-electron chi connectivity index (χ0n) is 10.4. The number of rotatable bonds is 1. The van der Waals surface area contributed by atoms with Gasteiger partial charge in [0.15, 0.2) is 11.4 Å². The van der Waals surface area contributed by atoms with Gasteiger partial charge in [0.25, 0.3) is 0 Å². The number of Topliss-reactive ketones (excluding diaryl/α,β-unsaturated/α-hetero) is 1. The standard InChI is InChI=1S/C15H18O2/c1-10(2)14-15(17-14)9-5-7-11-6-3-4-8-12(11)13(15)16/h3-4,6,8,10,14H,5,7,9H2,1-2H3/t14-,15-/m0/s1. The van der Waals surface area contributed by atoms with Crippen molar-refractivity contribution in [1.82, 2.24) is 0 Å². The van der Waals surface area contributed by atoms with Crippen LogP contribution >= 0.6 is 0 Å². The van der Waals surface area contributed by atoms with Gasteiger partial charge in [0, 0.05) is 5.56 Å². The predicted molar refractivity (Wildman–Crippen MR) is 66.2 cm³/mol. The first-order valence-corrected chi connectivity index (χ1v) is 6.46. The smallest absolute Gasteiger partial charge is 0.197 e. The van der Waals surface area contributed by atoms with E-state index in [1.165, 1.54) is 5.56 Å².